The van der Waals surface area contributed by atoms with Gasteiger partial charge in [-0.05, 0) is 38.5 Å². The lowest BCUT2D eigenvalue weighted by Crippen LogP contribution is -2.16. The molecule has 4 nitrogen and oxygen atoms in total. The molecule has 1 aromatic carbocycles. The minimum atomic E-state index is -0.514. The van der Waals surface area contributed by atoms with Gasteiger partial charge < -0.3 is 19.7 Å². The highest BCUT2D eigenvalue weighted by Crippen LogP contribution is 2.40. The molecule has 2 unspecified atom stereocenters. The molecule has 0 fully saturated rings. The fraction of sp³-hybridized carbons (Fsp3) is 0.500. The van der Waals surface area contributed by atoms with Gasteiger partial charge in [0, 0.05) is 10.5 Å². The van der Waals surface area contributed by atoms with Crippen LogP contribution in [0.3, 0.4) is 0 Å². The minimum absolute atomic E-state index is 0.0618. The Morgan fingerprint density at radius 3 is 2.18 bits per heavy atom. The van der Waals surface area contributed by atoms with Crippen LogP contribution in [0.1, 0.15) is 30.3 Å². The first-order valence-corrected chi connectivity index (χ1v) is 6.68. The van der Waals surface area contributed by atoms with Crippen molar-refractivity contribution < 1.29 is 19.7 Å². The van der Waals surface area contributed by atoms with Gasteiger partial charge in [-0.1, -0.05) is 22.6 Å². The van der Waals surface area contributed by atoms with Gasteiger partial charge in [-0.15, -0.1) is 0 Å². The summed E-state index contributed by atoms with van der Waals surface area (Å²) in [5, 5.41) is 19.6. The van der Waals surface area contributed by atoms with Gasteiger partial charge in [-0.2, -0.15) is 0 Å². The second-order valence-corrected chi connectivity index (χ2v) is 5.51. The molecule has 2 atom stereocenters. The molecule has 0 radical (unpaired) electrons. The number of ether oxygens (including phenoxy) is 2. The summed E-state index contributed by atoms with van der Waals surface area (Å²) in [5.74, 6) is -0.0862. The van der Waals surface area contributed by atoms with E-state index in [4.69, 9.17) is 9.47 Å². The van der Waals surface area contributed by atoms with Crippen LogP contribution >= 0.6 is 22.6 Å². The third-order valence-electron chi connectivity index (χ3n) is 2.22. The van der Waals surface area contributed by atoms with Gasteiger partial charge in [0.2, 0.25) is 5.75 Å². The lowest BCUT2D eigenvalue weighted by molar-refractivity contribution is -0.0634. The maximum Gasteiger partial charge on any atom is 0.205 e. The topological polar surface area (TPSA) is 58.9 Å². The molecule has 96 valence electrons. The maximum absolute atomic E-state index is 9.79. The van der Waals surface area contributed by atoms with Crippen molar-refractivity contribution in [1.29, 1.82) is 0 Å². The number of phenols is 2. The Morgan fingerprint density at radius 1 is 1.24 bits per heavy atom. The Kier molecular flexibility index (Phi) is 5.32. The largest absolute Gasteiger partial charge is 0.504 e. The van der Waals surface area contributed by atoms with Crippen LogP contribution in [0, 0.1) is 0 Å². The van der Waals surface area contributed by atoms with Crippen molar-refractivity contribution in [2.75, 3.05) is 6.61 Å². The monoisotopic (exact) mass is 352 g/mol. The number of phenolic OH excluding ortho intramolecular Hbond substituents is 2. The molecule has 0 aliphatic carbocycles. The molecule has 0 heterocycles. The van der Waals surface area contributed by atoms with Gasteiger partial charge in [0.1, 0.15) is 0 Å². The third kappa shape index (κ3) is 3.92. The van der Waals surface area contributed by atoms with Gasteiger partial charge >= 0.3 is 0 Å². The van der Waals surface area contributed by atoms with Crippen LogP contribution in [-0.2, 0) is 4.74 Å². The van der Waals surface area contributed by atoms with E-state index in [0.29, 0.717) is 6.61 Å². The molecule has 5 heteroatoms. The van der Waals surface area contributed by atoms with Crippen LogP contribution in [0.25, 0.3) is 0 Å². The predicted molar refractivity (Wildman–Crippen MR) is 73.9 cm³/mol. The molecule has 0 saturated heterocycles. The molecule has 0 saturated carbocycles. The van der Waals surface area contributed by atoms with E-state index in [2.05, 4.69) is 22.6 Å². The summed E-state index contributed by atoms with van der Waals surface area (Å²) in [6.45, 7) is 6.03. The molecule has 1 aromatic rings. The van der Waals surface area contributed by atoms with Crippen molar-refractivity contribution in [3.63, 3.8) is 0 Å². The molecule has 0 amide bonds. The Morgan fingerprint density at radius 2 is 1.76 bits per heavy atom. The van der Waals surface area contributed by atoms with E-state index in [1.807, 2.05) is 13.8 Å². The van der Waals surface area contributed by atoms with E-state index in [1.54, 1.807) is 19.1 Å². The van der Waals surface area contributed by atoms with Crippen molar-refractivity contribution in [3.05, 3.63) is 17.7 Å². The Labute approximate surface area is 115 Å². The summed E-state index contributed by atoms with van der Waals surface area (Å²) in [5.41, 5.74) is 0.844. The molecule has 0 spiro atoms. The number of rotatable bonds is 5. The maximum atomic E-state index is 9.79. The van der Waals surface area contributed by atoms with Gasteiger partial charge in [-0.25, -0.2) is 0 Å². The van der Waals surface area contributed by atoms with Crippen molar-refractivity contribution in [2.24, 2.45) is 0 Å². The van der Waals surface area contributed by atoms with Crippen molar-refractivity contribution in [1.82, 2.24) is 0 Å². The zero-order chi connectivity index (χ0) is 13.0. The second-order valence-electron chi connectivity index (χ2n) is 3.65. The van der Waals surface area contributed by atoms with E-state index in [-0.39, 0.29) is 21.2 Å². The number of hydrogen-bond acceptors (Lipinski definition) is 4. The van der Waals surface area contributed by atoms with Crippen molar-refractivity contribution in [3.8, 4) is 17.2 Å². The fourth-order valence-corrected chi connectivity index (χ4v) is 1.76. The first kappa shape index (κ1) is 14.4. The zero-order valence-corrected chi connectivity index (χ0v) is 12.3. The van der Waals surface area contributed by atoms with Gasteiger partial charge in [0.25, 0.3) is 0 Å². The predicted octanol–water partition coefficient (Wildman–Crippen LogP) is 3.36. The van der Waals surface area contributed by atoms with Crippen LogP contribution in [0.2, 0.25) is 0 Å². The highest BCUT2D eigenvalue weighted by atomic mass is 127. The molecule has 0 aliphatic rings. The summed E-state index contributed by atoms with van der Waals surface area (Å²) in [6, 6.07) is 3.18. The van der Waals surface area contributed by atoms with Gasteiger partial charge in [-0.3, -0.25) is 0 Å². The molecule has 0 aromatic heterocycles. The quantitative estimate of drug-likeness (QED) is 0.485. The molecule has 2 N–H and O–H groups in total. The average Bonchev–Trinajstić information content (AvgIpc) is 2.23. The third-order valence-corrected chi connectivity index (χ3v) is 2.94. The highest BCUT2D eigenvalue weighted by molar-refractivity contribution is 14.1. The highest BCUT2D eigenvalue weighted by Gasteiger charge is 2.15. The first-order chi connectivity index (χ1) is 7.95. The van der Waals surface area contributed by atoms with E-state index >= 15 is 0 Å². The molecule has 0 aliphatic heterocycles. The average molecular weight is 352 g/mol. The molecule has 1 rings (SSSR count). The van der Waals surface area contributed by atoms with Gasteiger partial charge in [0.15, 0.2) is 17.8 Å². The second kappa shape index (κ2) is 6.30. The van der Waals surface area contributed by atoms with E-state index < -0.39 is 6.29 Å². The summed E-state index contributed by atoms with van der Waals surface area (Å²) < 4.78 is 10.7. The zero-order valence-electron chi connectivity index (χ0n) is 10.1. The smallest absolute Gasteiger partial charge is 0.205 e. The summed E-state index contributed by atoms with van der Waals surface area (Å²) in [6.07, 6.45) is -0.514. The summed E-state index contributed by atoms with van der Waals surface area (Å²) >= 11 is 2.20. The Bertz CT molecular complexity index is 356. The Hall–Kier alpha value is -0.690. The van der Waals surface area contributed by atoms with Gasteiger partial charge in [0.05, 0.1) is 0 Å². The number of hydrogen-bond donors (Lipinski definition) is 2. The number of aromatic hydroxyl groups is 2. The molecular weight excluding hydrogens is 335 g/mol. The number of alkyl halides is 1. The number of halogens is 1. The fourth-order valence-electron chi connectivity index (χ4n) is 1.40. The normalized spacial score (nSPS) is 14.4. The van der Waals surface area contributed by atoms with Crippen LogP contribution in [0.15, 0.2) is 12.1 Å². The van der Waals surface area contributed by atoms with E-state index in [1.165, 1.54) is 0 Å². The summed E-state index contributed by atoms with van der Waals surface area (Å²) in [7, 11) is 0. The summed E-state index contributed by atoms with van der Waals surface area (Å²) in [4.78, 5) is 0. The Balaban J connectivity index is 2.93. The van der Waals surface area contributed by atoms with E-state index in [9.17, 15) is 10.2 Å². The molecule has 0 bridgehead atoms. The standard InChI is InChI=1S/C12H17IO4/c1-4-16-8(3)17-12-10(14)5-9(7(2)13)6-11(12)15/h5-8,14-15H,4H2,1-3H3. The van der Waals surface area contributed by atoms with Crippen LogP contribution in [0.5, 0.6) is 17.2 Å². The van der Waals surface area contributed by atoms with E-state index in [0.717, 1.165) is 5.56 Å². The molecular formula is C12H17IO4. The van der Waals surface area contributed by atoms with Crippen LogP contribution < -0.4 is 4.74 Å². The number of benzene rings is 1. The van der Waals surface area contributed by atoms with Crippen molar-refractivity contribution >= 4 is 22.6 Å². The molecule has 17 heavy (non-hydrogen) atoms. The first-order valence-electron chi connectivity index (χ1n) is 5.43. The lowest BCUT2D eigenvalue weighted by Gasteiger charge is -2.17. The minimum Gasteiger partial charge on any atom is -0.504 e. The van der Waals surface area contributed by atoms with Crippen LogP contribution in [-0.4, -0.2) is 23.1 Å². The lowest BCUT2D eigenvalue weighted by atomic mass is 10.1. The van der Waals surface area contributed by atoms with Crippen molar-refractivity contribution in [2.45, 2.75) is 31.0 Å². The SMILES string of the molecule is CCOC(C)Oc1c(O)cc(C(C)I)cc1O. The van der Waals surface area contributed by atoms with Crippen LogP contribution in [0.4, 0.5) is 0 Å².